The SMILES string of the molecule is C=C1/C=C\C=C/CC(C)C(OC(=O)c2cn(C)cn2)C(OC(=O)c2cn(C)cn2)[C@H]2c3ccccc3[C@@H]12. The third kappa shape index (κ3) is 4.79. The molecule has 8 heteroatoms. The minimum absolute atomic E-state index is 0.0938. The van der Waals surface area contributed by atoms with Gasteiger partial charge in [0.2, 0.25) is 0 Å². The van der Waals surface area contributed by atoms with E-state index in [1.165, 1.54) is 0 Å². The molecule has 0 bridgehead atoms. The summed E-state index contributed by atoms with van der Waals surface area (Å²) in [6.07, 6.45) is 13.4. The van der Waals surface area contributed by atoms with Gasteiger partial charge in [0, 0.05) is 44.2 Å². The van der Waals surface area contributed by atoms with Gasteiger partial charge >= 0.3 is 11.9 Å². The lowest BCUT2D eigenvalue weighted by Gasteiger charge is -2.46. The van der Waals surface area contributed by atoms with Crippen LogP contribution in [-0.4, -0.2) is 43.2 Å². The minimum atomic E-state index is -0.770. The zero-order valence-corrected chi connectivity index (χ0v) is 21.2. The summed E-state index contributed by atoms with van der Waals surface area (Å²) >= 11 is 0. The number of carbonyl (C=O) groups excluding carboxylic acids is 2. The van der Waals surface area contributed by atoms with Crippen LogP contribution in [0.15, 0.2) is 85.8 Å². The maximum absolute atomic E-state index is 13.3. The predicted octanol–water partition coefficient (Wildman–Crippen LogP) is 4.49. The van der Waals surface area contributed by atoms with Crippen LogP contribution in [0.4, 0.5) is 0 Å². The smallest absolute Gasteiger partial charge is 0.358 e. The number of nitrogens with zero attached hydrogens (tertiary/aromatic N) is 4. The first-order valence-electron chi connectivity index (χ1n) is 12.3. The van der Waals surface area contributed by atoms with Crippen molar-refractivity contribution in [2.24, 2.45) is 20.0 Å². The number of allylic oxidation sites excluding steroid dienone is 5. The van der Waals surface area contributed by atoms with Crippen LogP contribution in [0.25, 0.3) is 0 Å². The standard InChI is InChI=1S/C29H30N4O4/c1-18-10-6-5-7-11-19(2)26(36-28(34)22-14-32(3)16-30-22)27(37-29(35)23-15-33(4)17-31-23)25-21-13-9-8-12-20(21)24(18)25/h5-10,12-17,19,24-27H,1,11H2,2-4H3/b7-5-,10-6-/t19?,24-,25+,26?,27?/m1/s1. The first-order valence-corrected chi connectivity index (χ1v) is 12.3. The molecule has 2 aromatic heterocycles. The number of benzene rings is 1. The van der Waals surface area contributed by atoms with Crippen LogP contribution in [-0.2, 0) is 23.6 Å². The van der Waals surface area contributed by atoms with Gasteiger partial charge < -0.3 is 18.6 Å². The Balaban J connectivity index is 1.58. The monoisotopic (exact) mass is 498 g/mol. The summed E-state index contributed by atoms with van der Waals surface area (Å²) in [5.41, 5.74) is 3.48. The van der Waals surface area contributed by atoms with Crippen molar-refractivity contribution in [2.75, 3.05) is 0 Å². The molecule has 5 rings (SSSR count). The van der Waals surface area contributed by atoms with Crippen molar-refractivity contribution >= 4 is 11.9 Å². The number of esters is 2. The van der Waals surface area contributed by atoms with E-state index in [4.69, 9.17) is 9.47 Å². The van der Waals surface area contributed by atoms with Crippen molar-refractivity contribution in [2.45, 2.75) is 37.4 Å². The largest absolute Gasteiger partial charge is 0.453 e. The highest BCUT2D eigenvalue weighted by molar-refractivity contribution is 5.88. The van der Waals surface area contributed by atoms with Gasteiger partial charge in [-0.3, -0.25) is 0 Å². The number of ether oxygens (including phenoxy) is 2. The van der Waals surface area contributed by atoms with E-state index in [-0.39, 0.29) is 29.1 Å². The first-order chi connectivity index (χ1) is 17.8. The summed E-state index contributed by atoms with van der Waals surface area (Å²) in [5, 5.41) is 0. The van der Waals surface area contributed by atoms with Crippen LogP contribution in [0.5, 0.6) is 0 Å². The van der Waals surface area contributed by atoms with Gasteiger partial charge in [0.15, 0.2) is 11.4 Å². The predicted molar refractivity (Wildman–Crippen MR) is 138 cm³/mol. The fourth-order valence-electron chi connectivity index (χ4n) is 5.22. The van der Waals surface area contributed by atoms with Gasteiger partial charge in [-0.05, 0) is 23.1 Å². The molecule has 1 aromatic carbocycles. The molecule has 190 valence electrons. The summed E-state index contributed by atoms with van der Waals surface area (Å²) in [6, 6.07) is 8.07. The molecular formula is C29H30N4O4. The van der Waals surface area contributed by atoms with Crippen molar-refractivity contribution in [3.63, 3.8) is 0 Å². The Kier molecular flexibility index (Phi) is 6.65. The van der Waals surface area contributed by atoms with Crippen LogP contribution in [0, 0.1) is 5.92 Å². The second kappa shape index (κ2) is 10.0. The average Bonchev–Trinajstić information content (AvgIpc) is 3.50. The summed E-state index contributed by atoms with van der Waals surface area (Å²) in [7, 11) is 3.58. The van der Waals surface area contributed by atoms with Gasteiger partial charge in [-0.25, -0.2) is 19.6 Å². The van der Waals surface area contributed by atoms with Gasteiger partial charge in [0.05, 0.1) is 12.7 Å². The Labute approximate surface area is 215 Å². The maximum Gasteiger partial charge on any atom is 0.358 e. The van der Waals surface area contributed by atoms with Gasteiger partial charge in [-0.1, -0.05) is 62.1 Å². The lowest BCUT2D eigenvalue weighted by molar-refractivity contribution is -0.0674. The van der Waals surface area contributed by atoms with Crippen LogP contribution in [0.2, 0.25) is 0 Å². The second-order valence-electron chi connectivity index (χ2n) is 9.80. The van der Waals surface area contributed by atoms with Crippen molar-refractivity contribution < 1.29 is 19.1 Å². The molecule has 2 aliphatic rings. The molecule has 5 atom stereocenters. The molecule has 0 radical (unpaired) electrons. The number of aryl methyl sites for hydroxylation is 2. The molecule has 0 fully saturated rings. The minimum Gasteiger partial charge on any atom is -0.453 e. The summed E-state index contributed by atoms with van der Waals surface area (Å²) in [4.78, 5) is 34.9. The molecule has 0 saturated carbocycles. The third-order valence-corrected chi connectivity index (χ3v) is 7.07. The van der Waals surface area contributed by atoms with Crippen LogP contribution >= 0.6 is 0 Å². The second-order valence-corrected chi connectivity index (χ2v) is 9.80. The number of aromatic nitrogens is 4. The molecule has 0 aliphatic heterocycles. The van der Waals surface area contributed by atoms with E-state index in [0.717, 1.165) is 16.7 Å². The molecule has 3 aromatic rings. The van der Waals surface area contributed by atoms with E-state index in [1.54, 1.807) is 48.3 Å². The van der Waals surface area contributed by atoms with Crippen molar-refractivity contribution in [1.82, 2.24) is 19.1 Å². The van der Waals surface area contributed by atoms with Crippen LogP contribution in [0.1, 0.15) is 57.3 Å². The lowest BCUT2D eigenvalue weighted by Crippen LogP contribution is -2.48. The Morgan fingerprint density at radius 2 is 1.51 bits per heavy atom. The number of rotatable bonds is 4. The summed E-state index contributed by atoms with van der Waals surface area (Å²) in [5.74, 6) is -1.62. The number of hydrogen-bond donors (Lipinski definition) is 0. The summed E-state index contributed by atoms with van der Waals surface area (Å²) in [6.45, 7) is 6.33. The lowest BCUT2D eigenvalue weighted by atomic mass is 9.61. The Bertz CT molecular complexity index is 1400. The topological polar surface area (TPSA) is 88.2 Å². The quantitative estimate of drug-likeness (QED) is 0.493. The highest BCUT2D eigenvalue weighted by Gasteiger charge is 2.50. The molecule has 8 nitrogen and oxygen atoms in total. The van der Waals surface area contributed by atoms with E-state index in [9.17, 15) is 9.59 Å². The van der Waals surface area contributed by atoms with Crippen molar-refractivity contribution in [3.8, 4) is 0 Å². The zero-order chi connectivity index (χ0) is 26.1. The van der Waals surface area contributed by atoms with Gasteiger partial charge in [0.25, 0.3) is 0 Å². The van der Waals surface area contributed by atoms with E-state index in [2.05, 4.69) is 22.6 Å². The number of fused-ring (bicyclic) bond motifs is 4. The van der Waals surface area contributed by atoms with Gasteiger partial charge in [-0.15, -0.1) is 0 Å². The number of imidazole rings is 2. The summed E-state index contributed by atoms with van der Waals surface area (Å²) < 4.78 is 15.7. The maximum atomic E-state index is 13.3. The van der Waals surface area contributed by atoms with Gasteiger partial charge in [0.1, 0.15) is 12.2 Å². The van der Waals surface area contributed by atoms with E-state index >= 15 is 0 Å². The average molecular weight is 499 g/mol. The number of hydrogen-bond acceptors (Lipinski definition) is 6. The molecule has 2 aliphatic carbocycles. The molecule has 0 spiro atoms. The molecule has 0 N–H and O–H groups in total. The molecule has 3 unspecified atom stereocenters. The molecule has 0 saturated heterocycles. The highest BCUT2D eigenvalue weighted by Crippen LogP contribution is 2.54. The molecular weight excluding hydrogens is 468 g/mol. The molecule has 2 heterocycles. The van der Waals surface area contributed by atoms with E-state index in [1.807, 2.05) is 49.4 Å². The fourth-order valence-corrected chi connectivity index (χ4v) is 5.22. The van der Waals surface area contributed by atoms with E-state index < -0.39 is 24.1 Å². The zero-order valence-electron chi connectivity index (χ0n) is 21.2. The highest BCUT2D eigenvalue weighted by atomic mass is 16.6. The van der Waals surface area contributed by atoms with Crippen LogP contribution < -0.4 is 0 Å². The van der Waals surface area contributed by atoms with E-state index in [0.29, 0.717) is 6.42 Å². The Morgan fingerprint density at radius 3 is 2.11 bits per heavy atom. The normalized spacial score (nSPS) is 26.6. The molecule has 0 amide bonds. The molecule has 37 heavy (non-hydrogen) atoms. The van der Waals surface area contributed by atoms with Gasteiger partial charge in [-0.2, -0.15) is 0 Å². The Morgan fingerprint density at radius 1 is 0.919 bits per heavy atom. The van der Waals surface area contributed by atoms with Crippen LogP contribution in [0.3, 0.4) is 0 Å². The third-order valence-electron chi connectivity index (χ3n) is 7.07. The Hall–Kier alpha value is -4.20. The fraction of sp³-hybridized carbons (Fsp3) is 0.310. The first kappa shape index (κ1) is 24.5. The van der Waals surface area contributed by atoms with Crippen molar-refractivity contribution in [3.05, 3.63) is 108 Å². The number of carbonyl (C=O) groups is 2. The van der Waals surface area contributed by atoms with Crippen molar-refractivity contribution in [1.29, 1.82) is 0 Å².